The molecule has 0 saturated carbocycles. The van der Waals surface area contributed by atoms with Crippen LogP contribution in [0.1, 0.15) is 20.3 Å². The highest BCUT2D eigenvalue weighted by molar-refractivity contribution is 7.89. The van der Waals surface area contributed by atoms with Crippen LogP contribution in [0.3, 0.4) is 0 Å². The van der Waals surface area contributed by atoms with Crippen molar-refractivity contribution in [3.8, 4) is 0 Å². The summed E-state index contributed by atoms with van der Waals surface area (Å²) in [4.78, 5) is 0. The van der Waals surface area contributed by atoms with E-state index in [4.69, 9.17) is 15.7 Å². The molecule has 4 N–H and O–H groups in total. The molecule has 1 atom stereocenters. The second-order valence-electron chi connectivity index (χ2n) is 3.33. The maximum absolute atomic E-state index is 11.5. The molecule has 0 radical (unpaired) electrons. The first kappa shape index (κ1) is 15.1. The molecule has 7 nitrogen and oxygen atoms in total. The Bertz CT molecular complexity index is 315. The first-order valence-corrected chi connectivity index (χ1v) is 6.60. The molecule has 0 fully saturated rings. The zero-order valence-corrected chi connectivity index (χ0v) is 10.3. The van der Waals surface area contributed by atoms with Crippen molar-refractivity contribution in [2.24, 2.45) is 10.9 Å². The van der Waals surface area contributed by atoms with Crippen LogP contribution in [0.25, 0.3) is 0 Å². The molecular weight excluding hydrogens is 234 g/mol. The maximum Gasteiger partial charge on any atom is 0.214 e. The van der Waals surface area contributed by atoms with Gasteiger partial charge in [-0.1, -0.05) is 5.16 Å². The second-order valence-corrected chi connectivity index (χ2v) is 5.20. The van der Waals surface area contributed by atoms with Crippen LogP contribution >= 0.6 is 0 Å². The number of nitrogens with one attached hydrogen (secondary N) is 1. The smallest absolute Gasteiger partial charge is 0.214 e. The molecular formula is C8H19N3O4S. The number of oxime groups is 1. The summed E-state index contributed by atoms with van der Waals surface area (Å²) in [5, 5.41) is 11.1. The van der Waals surface area contributed by atoms with Crippen LogP contribution in [-0.2, 0) is 14.8 Å². The Hall–Kier alpha value is -0.860. The molecule has 96 valence electrons. The Morgan fingerprint density at radius 1 is 1.62 bits per heavy atom. The van der Waals surface area contributed by atoms with E-state index in [-0.39, 0.29) is 24.6 Å². The molecule has 0 aromatic heterocycles. The highest BCUT2D eigenvalue weighted by atomic mass is 32.2. The summed E-state index contributed by atoms with van der Waals surface area (Å²) in [6.45, 7) is 4.06. The Kier molecular flexibility index (Phi) is 7.02. The van der Waals surface area contributed by atoms with Crippen LogP contribution in [0.2, 0.25) is 0 Å². The lowest BCUT2D eigenvalue weighted by Crippen LogP contribution is -2.38. The third kappa shape index (κ3) is 7.43. The number of hydrogen-bond donors (Lipinski definition) is 3. The van der Waals surface area contributed by atoms with Crippen LogP contribution in [0, 0.1) is 0 Å². The number of sulfonamides is 1. The third-order valence-corrected chi connectivity index (χ3v) is 3.19. The minimum absolute atomic E-state index is 0.0139. The van der Waals surface area contributed by atoms with Gasteiger partial charge in [0, 0.05) is 19.1 Å². The van der Waals surface area contributed by atoms with Crippen LogP contribution < -0.4 is 10.5 Å². The fourth-order valence-corrected chi connectivity index (χ4v) is 2.23. The Morgan fingerprint density at radius 2 is 2.25 bits per heavy atom. The minimum atomic E-state index is -3.37. The Morgan fingerprint density at radius 3 is 2.75 bits per heavy atom. The van der Waals surface area contributed by atoms with Gasteiger partial charge in [-0.3, -0.25) is 0 Å². The highest BCUT2D eigenvalue weighted by Crippen LogP contribution is 1.95. The van der Waals surface area contributed by atoms with E-state index in [1.165, 1.54) is 0 Å². The molecule has 16 heavy (non-hydrogen) atoms. The zero-order chi connectivity index (χ0) is 12.6. The van der Waals surface area contributed by atoms with Crippen LogP contribution in [0.15, 0.2) is 5.16 Å². The standard InChI is InChI=1S/C8H19N3O4S/c1-3-15-4-5-16(13,14)11-7(2)6-8(9)10-12/h7,11-12H,3-6H2,1-2H3,(H2,9,10). The van der Waals surface area contributed by atoms with Crippen LogP contribution in [0.4, 0.5) is 0 Å². The molecule has 0 heterocycles. The number of nitrogens with zero attached hydrogens (tertiary/aromatic N) is 1. The molecule has 8 heteroatoms. The quantitative estimate of drug-likeness (QED) is 0.177. The zero-order valence-electron chi connectivity index (χ0n) is 9.51. The van der Waals surface area contributed by atoms with Crippen molar-refractivity contribution in [1.29, 1.82) is 0 Å². The van der Waals surface area contributed by atoms with Crippen molar-refractivity contribution >= 4 is 15.9 Å². The largest absolute Gasteiger partial charge is 0.409 e. The van der Waals surface area contributed by atoms with Gasteiger partial charge in [-0.15, -0.1) is 0 Å². The van der Waals surface area contributed by atoms with E-state index >= 15 is 0 Å². The summed E-state index contributed by atoms with van der Waals surface area (Å²) in [6.07, 6.45) is 0.157. The number of ether oxygens (including phenoxy) is 1. The molecule has 0 bridgehead atoms. The van der Waals surface area contributed by atoms with Crippen molar-refractivity contribution in [3.05, 3.63) is 0 Å². The molecule has 0 aromatic carbocycles. The lowest BCUT2D eigenvalue weighted by molar-refractivity contribution is 0.163. The van der Waals surface area contributed by atoms with Gasteiger partial charge in [0.2, 0.25) is 10.0 Å². The van der Waals surface area contributed by atoms with Gasteiger partial charge in [-0.05, 0) is 13.8 Å². The van der Waals surface area contributed by atoms with Crippen LogP contribution in [-0.4, -0.2) is 44.5 Å². The van der Waals surface area contributed by atoms with Crippen LogP contribution in [0.5, 0.6) is 0 Å². The van der Waals surface area contributed by atoms with E-state index in [1.54, 1.807) is 13.8 Å². The Balaban J connectivity index is 4.05. The molecule has 0 aliphatic carbocycles. The molecule has 0 saturated heterocycles. The summed E-state index contributed by atoms with van der Waals surface area (Å²) in [6, 6.07) is -0.414. The number of hydrogen-bond acceptors (Lipinski definition) is 5. The fourth-order valence-electron chi connectivity index (χ4n) is 1.07. The van der Waals surface area contributed by atoms with E-state index in [2.05, 4.69) is 9.88 Å². The lowest BCUT2D eigenvalue weighted by Gasteiger charge is -2.13. The molecule has 1 unspecified atom stereocenters. The van der Waals surface area contributed by atoms with E-state index in [1.807, 2.05) is 0 Å². The average molecular weight is 253 g/mol. The van der Waals surface area contributed by atoms with Crippen molar-refractivity contribution < 1.29 is 18.4 Å². The van der Waals surface area contributed by atoms with E-state index in [0.29, 0.717) is 6.61 Å². The minimum Gasteiger partial charge on any atom is -0.409 e. The molecule has 0 aromatic rings. The predicted molar refractivity (Wildman–Crippen MR) is 60.9 cm³/mol. The van der Waals surface area contributed by atoms with Gasteiger partial charge in [-0.25, -0.2) is 13.1 Å². The number of nitrogens with two attached hydrogens (primary N) is 1. The van der Waals surface area contributed by atoms with E-state index in [9.17, 15) is 8.42 Å². The molecule has 0 amide bonds. The normalized spacial score (nSPS) is 15.0. The maximum atomic E-state index is 11.5. The van der Waals surface area contributed by atoms with Crippen molar-refractivity contribution in [3.63, 3.8) is 0 Å². The van der Waals surface area contributed by atoms with Gasteiger partial charge in [0.1, 0.15) is 5.84 Å². The van der Waals surface area contributed by atoms with Gasteiger partial charge in [0.15, 0.2) is 0 Å². The van der Waals surface area contributed by atoms with Crippen molar-refractivity contribution in [1.82, 2.24) is 4.72 Å². The lowest BCUT2D eigenvalue weighted by atomic mass is 10.2. The predicted octanol–water partition coefficient (Wildman–Crippen LogP) is -0.533. The van der Waals surface area contributed by atoms with Gasteiger partial charge >= 0.3 is 0 Å². The third-order valence-electron chi connectivity index (χ3n) is 1.73. The van der Waals surface area contributed by atoms with Gasteiger partial charge in [0.25, 0.3) is 0 Å². The summed E-state index contributed by atoms with van der Waals surface area (Å²) in [7, 11) is -3.37. The van der Waals surface area contributed by atoms with E-state index in [0.717, 1.165) is 0 Å². The topological polar surface area (TPSA) is 114 Å². The average Bonchev–Trinajstić information content (AvgIpc) is 2.16. The second kappa shape index (κ2) is 7.42. The van der Waals surface area contributed by atoms with Gasteiger partial charge < -0.3 is 15.7 Å². The van der Waals surface area contributed by atoms with Crippen molar-refractivity contribution in [2.45, 2.75) is 26.3 Å². The summed E-state index contributed by atoms with van der Waals surface area (Å²) in [5.74, 6) is -0.110. The highest BCUT2D eigenvalue weighted by Gasteiger charge is 2.15. The monoisotopic (exact) mass is 253 g/mol. The fraction of sp³-hybridized carbons (Fsp3) is 0.875. The molecule has 0 rings (SSSR count). The first-order valence-electron chi connectivity index (χ1n) is 4.95. The first-order chi connectivity index (χ1) is 7.41. The van der Waals surface area contributed by atoms with E-state index < -0.39 is 16.1 Å². The number of rotatable bonds is 8. The molecule has 0 aliphatic rings. The SMILES string of the molecule is CCOCCS(=O)(=O)NC(C)CC(N)=NO. The Labute approximate surface area is 95.7 Å². The summed E-state index contributed by atoms with van der Waals surface area (Å²) < 4.78 is 30.2. The summed E-state index contributed by atoms with van der Waals surface area (Å²) in [5.41, 5.74) is 5.25. The number of amidine groups is 1. The molecule has 0 spiro atoms. The summed E-state index contributed by atoms with van der Waals surface area (Å²) >= 11 is 0. The van der Waals surface area contributed by atoms with Gasteiger partial charge in [0.05, 0.1) is 12.4 Å². The molecule has 0 aliphatic heterocycles. The van der Waals surface area contributed by atoms with Crippen molar-refractivity contribution in [2.75, 3.05) is 19.0 Å². The van der Waals surface area contributed by atoms with Gasteiger partial charge in [-0.2, -0.15) is 0 Å².